The van der Waals surface area contributed by atoms with E-state index >= 15 is 0 Å². The van der Waals surface area contributed by atoms with Gasteiger partial charge in [-0.15, -0.1) is 0 Å². The molecule has 0 spiro atoms. The van der Waals surface area contributed by atoms with Crippen LogP contribution in [0.3, 0.4) is 0 Å². The first kappa shape index (κ1) is 36.0. The van der Waals surface area contributed by atoms with E-state index in [0.29, 0.717) is 0 Å². The molecule has 0 aromatic rings. The molecule has 6 heteroatoms. The van der Waals surface area contributed by atoms with Gasteiger partial charge in [0.25, 0.3) is 0 Å². The zero-order valence-electron chi connectivity index (χ0n) is 9.95. The highest BCUT2D eigenvalue weighted by atomic mass is 16.5. The van der Waals surface area contributed by atoms with Crippen LogP contribution in [0.5, 0.6) is 0 Å². The van der Waals surface area contributed by atoms with E-state index in [1.165, 1.54) is 42.1 Å². The molecule has 0 aliphatic rings. The van der Waals surface area contributed by atoms with Gasteiger partial charge in [0.1, 0.15) is 0 Å². The average Bonchev–Trinajstić information content (AvgIpc) is 2.19. The fourth-order valence-corrected chi connectivity index (χ4v) is 0. The minimum Gasteiger partial charge on any atom is -0.469 e. The number of carbonyl (C=O) groups is 3. The number of hydrogen-bond acceptors (Lipinski definition) is 6. The van der Waals surface area contributed by atoms with Gasteiger partial charge in [0.15, 0.2) is 0 Å². The first-order valence-electron chi connectivity index (χ1n) is 3.95. The van der Waals surface area contributed by atoms with Crippen LogP contribution in [-0.2, 0) is 28.6 Å². The van der Waals surface area contributed by atoms with Gasteiger partial charge in [0.05, 0.1) is 21.3 Å². The number of rotatable bonds is 0. The number of hydrogen-bond donors (Lipinski definition) is 0. The Morgan fingerprint density at radius 1 is 0.556 bits per heavy atom. The van der Waals surface area contributed by atoms with Crippen molar-refractivity contribution in [1.29, 1.82) is 0 Å². The van der Waals surface area contributed by atoms with E-state index in [1.54, 1.807) is 0 Å². The fraction of sp³-hybridized carbons (Fsp3) is 0.750. The molecule has 0 rings (SSSR count). The quantitative estimate of drug-likeness (QED) is 0.497. The van der Waals surface area contributed by atoms with Crippen molar-refractivity contribution < 1.29 is 28.6 Å². The number of carbonyl (C=O) groups excluding carboxylic acids is 3. The first-order chi connectivity index (χ1) is 6.81. The van der Waals surface area contributed by atoms with Crippen LogP contribution in [-0.4, -0.2) is 39.2 Å². The predicted molar refractivity (Wildman–Crippen MR) is 73.3 cm³/mol. The molecule has 0 unspecified atom stereocenters. The number of ether oxygens (including phenoxy) is 3. The van der Waals surface area contributed by atoms with Crippen LogP contribution in [0.25, 0.3) is 0 Å². The van der Waals surface area contributed by atoms with E-state index < -0.39 is 0 Å². The van der Waals surface area contributed by atoms with E-state index in [1.807, 2.05) is 0 Å². The van der Waals surface area contributed by atoms with Gasteiger partial charge in [-0.05, 0) is 0 Å². The lowest BCUT2D eigenvalue weighted by atomic mass is 10.8. The molecule has 6 nitrogen and oxygen atoms in total. The Labute approximate surface area is 112 Å². The standard InChI is InChI=1S/3C3H6O2.3CH4/c3*1-3(4)5-2;;;/h3*1-2H3;3*1H4. The molecular weight excluding hydrogens is 240 g/mol. The monoisotopic (exact) mass is 270 g/mol. The Kier molecular flexibility index (Phi) is 59.0. The molecule has 0 atom stereocenters. The second-order valence-electron chi connectivity index (χ2n) is 2.09. The molecule has 0 radical (unpaired) electrons. The highest BCUT2D eigenvalue weighted by Gasteiger charge is 1.76. The van der Waals surface area contributed by atoms with E-state index in [-0.39, 0.29) is 40.2 Å². The van der Waals surface area contributed by atoms with Crippen LogP contribution < -0.4 is 0 Å². The third-order valence-corrected chi connectivity index (χ3v) is 0.862. The van der Waals surface area contributed by atoms with E-state index in [2.05, 4.69) is 14.2 Å². The van der Waals surface area contributed by atoms with Crippen molar-refractivity contribution in [3.8, 4) is 0 Å². The lowest BCUT2D eigenvalue weighted by Crippen LogP contribution is -1.88. The van der Waals surface area contributed by atoms with Crippen molar-refractivity contribution in [2.45, 2.75) is 43.1 Å². The molecule has 0 heterocycles. The summed E-state index contributed by atoms with van der Waals surface area (Å²) in [5.41, 5.74) is 0. The Bertz CT molecular complexity index is 156. The lowest BCUT2D eigenvalue weighted by molar-refractivity contribution is -0.138. The van der Waals surface area contributed by atoms with Gasteiger partial charge in [-0.3, -0.25) is 14.4 Å². The number of esters is 3. The Morgan fingerprint density at radius 3 is 0.611 bits per heavy atom. The Hall–Kier alpha value is -1.59. The Balaban J connectivity index is -0.0000000277. The average molecular weight is 270 g/mol. The molecule has 0 N–H and O–H groups in total. The molecule has 0 bridgehead atoms. The highest BCUT2D eigenvalue weighted by molar-refractivity contribution is 5.66. The summed E-state index contributed by atoms with van der Waals surface area (Å²) < 4.78 is 12.3. The SMILES string of the molecule is C.C.C.COC(C)=O.COC(C)=O.COC(C)=O. The van der Waals surface area contributed by atoms with Crippen molar-refractivity contribution in [3.63, 3.8) is 0 Å². The largest absolute Gasteiger partial charge is 0.469 e. The van der Waals surface area contributed by atoms with E-state index in [0.717, 1.165) is 0 Å². The van der Waals surface area contributed by atoms with Crippen molar-refractivity contribution >= 4 is 17.9 Å². The van der Waals surface area contributed by atoms with Crippen LogP contribution in [0.15, 0.2) is 0 Å². The molecule has 114 valence electrons. The molecule has 0 saturated heterocycles. The van der Waals surface area contributed by atoms with E-state index in [9.17, 15) is 14.4 Å². The summed E-state index contributed by atoms with van der Waals surface area (Å²) in [7, 11) is 4.05. The molecule has 0 aromatic carbocycles. The first-order valence-corrected chi connectivity index (χ1v) is 3.95. The second kappa shape index (κ2) is 29.5. The summed E-state index contributed by atoms with van der Waals surface area (Å²) in [6.45, 7) is 4.08. The normalized spacial score (nSPS) is 5.67. The molecule has 0 amide bonds. The minimum absolute atomic E-state index is 0. The van der Waals surface area contributed by atoms with Crippen LogP contribution in [0.4, 0.5) is 0 Å². The molecule has 0 aliphatic carbocycles. The van der Waals surface area contributed by atoms with Gasteiger partial charge in [0.2, 0.25) is 0 Å². The predicted octanol–water partition coefficient (Wildman–Crippen LogP) is 2.45. The van der Waals surface area contributed by atoms with Gasteiger partial charge in [0, 0.05) is 20.8 Å². The molecule has 0 aliphatic heterocycles. The van der Waals surface area contributed by atoms with Crippen molar-refractivity contribution in [3.05, 3.63) is 0 Å². The van der Waals surface area contributed by atoms with Gasteiger partial charge < -0.3 is 14.2 Å². The topological polar surface area (TPSA) is 78.9 Å². The van der Waals surface area contributed by atoms with Crippen LogP contribution in [0.2, 0.25) is 0 Å². The minimum atomic E-state index is -0.245. The third-order valence-electron chi connectivity index (χ3n) is 0.862. The van der Waals surface area contributed by atoms with Crippen LogP contribution >= 0.6 is 0 Å². The lowest BCUT2D eigenvalue weighted by Gasteiger charge is -1.80. The highest BCUT2D eigenvalue weighted by Crippen LogP contribution is 1.61. The van der Waals surface area contributed by atoms with E-state index in [4.69, 9.17) is 0 Å². The van der Waals surface area contributed by atoms with Gasteiger partial charge in [-0.2, -0.15) is 0 Å². The maximum atomic E-state index is 9.59. The summed E-state index contributed by atoms with van der Waals surface area (Å²) in [5, 5.41) is 0. The summed E-state index contributed by atoms with van der Waals surface area (Å²) in [6, 6.07) is 0. The van der Waals surface area contributed by atoms with Gasteiger partial charge in [-0.25, -0.2) is 0 Å². The fourth-order valence-electron chi connectivity index (χ4n) is 0. The second-order valence-corrected chi connectivity index (χ2v) is 2.09. The zero-order chi connectivity index (χ0) is 12.9. The molecule has 18 heavy (non-hydrogen) atoms. The van der Waals surface area contributed by atoms with Crippen LogP contribution in [0, 0.1) is 0 Å². The molecule has 0 fully saturated rings. The zero-order valence-corrected chi connectivity index (χ0v) is 9.95. The maximum absolute atomic E-state index is 9.59. The maximum Gasteiger partial charge on any atom is 0.302 e. The van der Waals surface area contributed by atoms with Crippen LogP contribution in [0.1, 0.15) is 43.1 Å². The van der Waals surface area contributed by atoms with Crippen molar-refractivity contribution in [2.24, 2.45) is 0 Å². The summed E-state index contributed by atoms with van der Waals surface area (Å²) >= 11 is 0. The summed E-state index contributed by atoms with van der Waals surface area (Å²) in [5.74, 6) is -0.736. The molecular formula is C12H30O6. The van der Waals surface area contributed by atoms with Crippen molar-refractivity contribution in [2.75, 3.05) is 21.3 Å². The van der Waals surface area contributed by atoms with Gasteiger partial charge >= 0.3 is 17.9 Å². The smallest absolute Gasteiger partial charge is 0.302 e. The third kappa shape index (κ3) is 133. The van der Waals surface area contributed by atoms with Gasteiger partial charge in [-0.1, -0.05) is 22.3 Å². The number of methoxy groups -OCH3 is 3. The van der Waals surface area contributed by atoms with Crippen molar-refractivity contribution in [1.82, 2.24) is 0 Å². The summed E-state index contributed by atoms with van der Waals surface area (Å²) in [4.78, 5) is 28.8. The molecule has 0 aromatic heterocycles. The molecule has 0 saturated carbocycles. The Morgan fingerprint density at radius 2 is 0.611 bits per heavy atom. The summed E-state index contributed by atoms with van der Waals surface area (Å²) in [6.07, 6.45) is 0.